The summed E-state index contributed by atoms with van der Waals surface area (Å²) in [4.78, 5) is 67.2. The second kappa shape index (κ2) is 15.7. The number of likely N-dealkylation sites (tertiary alicyclic amines) is 1. The number of anilines is 5. The summed E-state index contributed by atoms with van der Waals surface area (Å²) >= 11 is 13.2. The number of amides is 4. The number of ether oxygens (including phenoxy) is 3. The molecule has 2 aliphatic heterocycles. The second-order valence-electron chi connectivity index (χ2n) is 14.0. The topological polar surface area (TPSA) is 184 Å². The number of piperidine rings is 1. The Labute approximate surface area is 322 Å². The molecule has 3 aromatic rings. The summed E-state index contributed by atoms with van der Waals surface area (Å²) in [6.45, 7) is 11.4. The Kier molecular flexibility index (Phi) is 11.6. The third kappa shape index (κ3) is 8.02. The van der Waals surface area contributed by atoms with Crippen LogP contribution >= 0.6 is 23.2 Å². The summed E-state index contributed by atoms with van der Waals surface area (Å²) < 4.78 is 16.2. The summed E-state index contributed by atoms with van der Waals surface area (Å²) in [5.74, 6) is -0.475. The van der Waals surface area contributed by atoms with E-state index >= 15 is 0 Å². The molecular weight excluding hydrogens is 747 g/mol. The Balaban J connectivity index is 1.49. The van der Waals surface area contributed by atoms with Gasteiger partial charge in [-0.2, -0.15) is 4.90 Å². The normalized spacial score (nSPS) is 15.2. The van der Waals surface area contributed by atoms with Crippen LogP contribution in [0.25, 0.3) is 0 Å². The molecular formula is C35H42Cl2N8O9. The van der Waals surface area contributed by atoms with Crippen molar-refractivity contribution in [3.05, 3.63) is 56.8 Å². The maximum Gasteiger partial charge on any atom is 0.423 e. The number of hydrogen-bond donors (Lipinski definition) is 1. The summed E-state index contributed by atoms with van der Waals surface area (Å²) in [5, 5.41) is 22.3. The highest BCUT2D eigenvalue weighted by Crippen LogP contribution is 2.48. The van der Waals surface area contributed by atoms with Crippen molar-refractivity contribution in [3.8, 4) is 11.5 Å². The lowest BCUT2D eigenvalue weighted by molar-refractivity contribution is -0.384. The van der Waals surface area contributed by atoms with E-state index in [1.54, 1.807) is 26.8 Å². The number of methoxy groups -OCH3 is 2. The van der Waals surface area contributed by atoms with Crippen molar-refractivity contribution in [3.63, 3.8) is 0 Å². The van der Waals surface area contributed by atoms with E-state index in [9.17, 15) is 29.6 Å². The van der Waals surface area contributed by atoms with Gasteiger partial charge in [-0.05, 0) is 65.4 Å². The van der Waals surface area contributed by atoms with Gasteiger partial charge < -0.3 is 29.1 Å². The number of nitro groups is 1. The summed E-state index contributed by atoms with van der Waals surface area (Å²) in [6, 6.07) is 5.75. The Morgan fingerprint density at radius 2 is 1.59 bits per heavy atom. The lowest BCUT2D eigenvalue weighted by Crippen LogP contribution is -2.60. The van der Waals surface area contributed by atoms with E-state index in [4.69, 9.17) is 37.4 Å². The Morgan fingerprint density at radius 1 is 1.00 bits per heavy atom. The van der Waals surface area contributed by atoms with Gasteiger partial charge in [-0.15, -0.1) is 0 Å². The average molecular weight is 790 g/mol. The Hall–Kier alpha value is -5.13. The molecule has 2 fully saturated rings. The van der Waals surface area contributed by atoms with E-state index in [2.05, 4.69) is 26.7 Å². The molecule has 1 N–H and O–H groups in total. The fourth-order valence-corrected chi connectivity index (χ4v) is 7.18. The highest BCUT2D eigenvalue weighted by molar-refractivity contribution is 6.43. The molecule has 0 atom stereocenters. The number of aromatic nitrogens is 2. The van der Waals surface area contributed by atoms with E-state index in [1.807, 2.05) is 0 Å². The molecule has 290 valence electrons. The molecule has 0 bridgehead atoms. The zero-order valence-electron chi connectivity index (χ0n) is 31.0. The van der Waals surface area contributed by atoms with Crippen molar-refractivity contribution in [1.29, 1.82) is 0 Å². The predicted octanol–water partition coefficient (Wildman–Crippen LogP) is 7.44. The Bertz CT molecular complexity index is 1920. The first-order valence-electron chi connectivity index (χ1n) is 17.0. The van der Waals surface area contributed by atoms with Crippen LogP contribution in [0.1, 0.15) is 40.5 Å². The van der Waals surface area contributed by atoms with Gasteiger partial charge in [0.1, 0.15) is 56.5 Å². The smallest absolute Gasteiger partial charge is 0.423 e. The van der Waals surface area contributed by atoms with Crippen molar-refractivity contribution in [1.82, 2.24) is 14.9 Å². The van der Waals surface area contributed by atoms with Crippen LogP contribution in [-0.4, -0.2) is 103 Å². The minimum atomic E-state index is -1.59. The monoisotopic (exact) mass is 788 g/mol. The van der Waals surface area contributed by atoms with Crippen LogP contribution in [-0.2, 0) is 4.74 Å². The number of carbonyl (C=O) groups is 3. The first-order valence-corrected chi connectivity index (χ1v) is 17.7. The Morgan fingerprint density at radius 3 is 2.11 bits per heavy atom. The molecule has 0 aliphatic carbocycles. The van der Waals surface area contributed by atoms with Crippen LogP contribution in [0.5, 0.6) is 11.5 Å². The molecule has 2 aromatic carbocycles. The fourth-order valence-electron chi connectivity index (χ4n) is 6.51. The van der Waals surface area contributed by atoms with Gasteiger partial charge in [0.05, 0.1) is 19.1 Å². The van der Waals surface area contributed by atoms with Crippen LogP contribution in [0.2, 0.25) is 10.0 Å². The minimum Gasteiger partial charge on any atom is -0.495 e. The number of carboxylic acid groups (broad SMARTS) is 1. The second-order valence-corrected chi connectivity index (χ2v) is 14.7. The minimum absolute atomic E-state index is 0.0249. The summed E-state index contributed by atoms with van der Waals surface area (Å²) in [5.41, 5.74) is -1.39. The molecule has 3 heterocycles. The predicted molar refractivity (Wildman–Crippen MR) is 203 cm³/mol. The zero-order chi connectivity index (χ0) is 39.7. The first kappa shape index (κ1) is 40.1. The van der Waals surface area contributed by atoms with E-state index in [0.29, 0.717) is 15.5 Å². The fraction of sp³-hybridized carbons (Fsp3) is 0.457. The first-order chi connectivity index (χ1) is 25.4. The van der Waals surface area contributed by atoms with Gasteiger partial charge in [0.15, 0.2) is 0 Å². The number of urea groups is 1. The highest BCUT2D eigenvalue weighted by Gasteiger charge is 2.45. The van der Waals surface area contributed by atoms with Crippen molar-refractivity contribution >= 4 is 75.8 Å². The van der Waals surface area contributed by atoms with E-state index in [0.717, 1.165) is 62.9 Å². The average Bonchev–Trinajstić information content (AvgIpc) is 3.11. The van der Waals surface area contributed by atoms with Crippen LogP contribution < -0.4 is 29.1 Å². The number of rotatable bonds is 9. The lowest BCUT2D eigenvalue weighted by atomic mass is 9.71. The number of hydrogen-bond acceptors (Lipinski definition) is 12. The highest BCUT2D eigenvalue weighted by atomic mass is 35.5. The van der Waals surface area contributed by atoms with Crippen molar-refractivity contribution < 1.29 is 38.6 Å². The van der Waals surface area contributed by atoms with E-state index in [-0.39, 0.29) is 50.0 Å². The zero-order valence-corrected chi connectivity index (χ0v) is 32.5. The van der Waals surface area contributed by atoms with Crippen LogP contribution in [0.4, 0.5) is 48.8 Å². The molecule has 2 aliphatic rings. The molecule has 17 nitrogen and oxygen atoms in total. The molecule has 2 saturated heterocycles. The number of carbonyl (C=O) groups excluding carboxylic acids is 2. The quantitative estimate of drug-likeness (QED) is 0.167. The molecule has 19 heteroatoms. The molecule has 5 rings (SSSR count). The standard InChI is InChI=1S/C35H42Cl2N8O9/c1-8-41-13-11-35(12-14-41)18-42(19-35)21-9-10-22(23(15-21)45(50)51)43(32(47)48)27-17-26(38-20-39-27)40(5)31(46)44(33(49)54-34(2,3)4)30-28(36)24(52-6)16-25(53-7)29(30)37/h9-10,15-17,20H,8,11-14,18-19H2,1-7H3,(H,47,48). The maximum absolute atomic E-state index is 14.2. The molecule has 0 saturated carbocycles. The maximum atomic E-state index is 14.2. The number of benzene rings is 2. The number of imide groups is 1. The molecule has 0 radical (unpaired) electrons. The number of nitro benzene ring substituents is 1. The van der Waals surface area contributed by atoms with E-state index < -0.39 is 34.4 Å². The molecule has 1 aromatic heterocycles. The third-order valence-electron chi connectivity index (χ3n) is 9.41. The van der Waals surface area contributed by atoms with Crippen molar-refractivity contribution in [2.75, 3.05) is 73.6 Å². The van der Waals surface area contributed by atoms with Gasteiger partial charge in [-0.3, -0.25) is 15.0 Å². The van der Waals surface area contributed by atoms with Gasteiger partial charge in [0.25, 0.3) is 5.69 Å². The van der Waals surface area contributed by atoms with Crippen LogP contribution in [0.15, 0.2) is 36.7 Å². The number of halogens is 2. The number of nitrogens with zero attached hydrogens (tertiary/aromatic N) is 8. The van der Waals surface area contributed by atoms with Crippen LogP contribution in [0.3, 0.4) is 0 Å². The van der Waals surface area contributed by atoms with Gasteiger partial charge in [-0.1, -0.05) is 30.1 Å². The molecule has 54 heavy (non-hydrogen) atoms. The van der Waals surface area contributed by atoms with Crippen molar-refractivity contribution in [2.45, 2.75) is 46.1 Å². The molecule has 1 spiro atoms. The van der Waals surface area contributed by atoms with Gasteiger partial charge >= 0.3 is 18.2 Å². The van der Waals surface area contributed by atoms with Gasteiger partial charge in [0.2, 0.25) is 0 Å². The summed E-state index contributed by atoms with van der Waals surface area (Å²) in [6.07, 6.45) is 0.296. The largest absolute Gasteiger partial charge is 0.495 e. The van der Waals surface area contributed by atoms with E-state index in [1.165, 1.54) is 39.5 Å². The van der Waals surface area contributed by atoms with Crippen LogP contribution in [0, 0.1) is 15.5 Å². The lowest BCUT2D eigenvalue weighted by Gasteiger charge is -2.55. The van der Waals surface area contributed by atoms with Crippen molar-refractivity contribution in [2.24, 2.45) is 5.41 Å². The SMILES string of the molecule is CCN1CCC2(CC1)CN(c1ccc(N(C(=O)O)c3cc(N(C)C(=O)N(C(=O)OC(C)(C)C)c4c(Cl)c(OC)cc(OC)c4Cl)ncn3)c([N+](=O)[O-])c1)C2. The third-order valence-corrected chi connectivity index (χ3v) is 10.1. The van der Waals surface area contributed by atoms with Gasteiger partial charge in [0, 0.05) is 49.4 Å². The van der Waals surface area contributed by atoms with Gasteiger partial charge in [-0.25, -0.2) is 29.3 Å². The summed E-state index contributed by atoms with van der Waals surface area (Å²) in [7, 11) is 3.88. The molecule has 4 amide bonds. The molecule has 0 unspecified atom stereocenters.